The molecule has 2 atom stereocenters. The van der Waals surface area contributed by atoms with Crippen molar-refractivity contribution in [2.24, 2.45) is 0 Å². The Bertz CT molecular complexity index is 1350. The Morgan fingerprint density at radius 3 is 2.88 bits per heavy atom. The van der Waals surface area contributed by atoms with Crippen LogP contribution in [0.15, 0.2) is 59.5 Å². The van der Waals surface area contributed by atoms with Crippen molar-refractivity contribution < 1.29 is 14.6 Å². The molecule has 176 valence electrons. The molecule has 5 rings (SSSR count). The van der Waals surface area contributed by atoms with Gasteiger partial charge in [0.2, 0.25) is 0 Å². The molecule has 0 bridgehead atoms. The smallest absolute Gasteiger partial charge is 0.336 e. The van der Waals surface area contributed by atoms with Gasteiger partial charge in [-0.25, -0.2) is 4.79 Å². The quantitative estimate of drug-likeness (QED) is 0.338. The molecule has 0 radical (unpaired) electrons. The zero-order chi connectivity index (χ0) is 23.8. The lowest BCUT2D eigenvalue weighted by atomic mass is 9.88. The van der Waals surface area contributed by atoms with E-state index in [4.69, 9.17) is 4.74 Å². The number of aromatic carboxylic acids is 1. The predicted octanol–water partition coefficient (Wildman–Crippen LogP) is 5.72. The Morgan fingerprint density at radius 2 is 2.15 bits per heavy atom. The molecule has 2 N–H and O–H groups in total. The highest BCUT2D eigenvalue weighted by Gasteiger charge is 2.34. The maximum Gasteiger partial charge on any atom is 0.336 e. The number of rotatable bonds is 6. The first kappa shape index (κ1) is 22.7. The minimum absolute atomic E-state index is 0.0750. The lowest BCUT2D eigenvalue weighted by molar-refractivity contribution is 0.0682. The molecule has 1 aliphatic heterocycles. The molecule has 8 heteroatoms. The number of hydrogen-bond donors (Lipinski definition) is 2. The van der Waals surface area contributed by atoms with Gasteiger partial charge in [0.05, 0.1) is 29.4 Å². The lowest BCUT2D eigenvalue weighted by Crippen LogP contribution is -2.38. The fraction of sp³-hybridized carbons (Fsp3) is 0.308. The molecule has 0 aliphatic carbocycles. The van der Waals surface area contributed by atoms with Crippen LogP contribution in [0.25, 0.3) is 10.9 Å². The highest BCUT2D eigenvalue weighted by molar-refractivity contribution is 9.10. The van der Waals surface area contributed by atoms with Crippen molar-refractivity contribution >= 4 is 32.8 Å². The van der Waals surface area contributed by atoms with E-state index in [1.807, 2.05) is 29.2 Å². The summed E-state index contributed by atoms with van der Waals surface area (Å²) < 4.78 is 8.72. The number of fused-ring (bicyclic) bond motifs is 1. The lowest BCUT2D eigenvalue weighted by Gasteiger charge is -2.40. The second-order valence-corrected chi connectivity index (χ2v) is 9.75. The molecule has 2 aromatic carbocycles. The molecular formula is C26H27BrN4O3. The van der Waals surface area contributed by atoms with E-state index in [1.165, 1.54) is 0 Å². The van der Waals surface area contributed by atoms with Crippen LogP contribution < -0.4 is 4.74 Å². The van der Waals surface area contributed by atoms with E-state index in [-0.39, 0.29) is 12.1 Å². The minimum atomic E-state index is -0.902. The third kappa shape index (κ3) is 4.12. The molecule has 34 heavy (non-hydrogen) atoms. The van der Waals surface area contributed by atoms with Crippen molar-refractivity contribution in [2.75, 3.05) is 13.7 Å². The standard InChI is InChI=1S/C26H27BrN4O3/c1-16-11-24(34-2)22(20-7-9-28-25(16)20)15-30-10-8-18(31-14-17(27)13-29-31)12-23(30)19-5-3-4-6-21(19)26(32)33/h3-7,9,11,13-14,18,23,28H,8,10,12,15H2,1-2H3,(H,32,33)/t18-,23+/m0/s1. The summed E-state index contributed by atoms with van der Waals surface area (Å²) in [4.78, 5) is 17.8. The number of piperidine rings is 1. The fourth-order valence-electron chi connectivity index (χ4n) is 5.23. The van der Waals surface area contributed by atoms with Crippen molar-refractivity contribution in [2.45, 2.75) is 38.4 Å². The molecule has 7 nitrogen and oxygen atoms in total. The Kier molecular flexibility index (Phi) is 6.18. The topological polar surface area (TPSA) is 83.4 Å². The Labute approximate surface area is 206 Å². The maximum atomic E-state index is 12.1. The second kappa shape index (κ2) is 9.27. The van der Waals surface area contributed by atoms with Gasteiger partial charge in [-0.1, -0.05) is 18.2 Å². The largest absolute Gasteiger partial charge is 0.496 e. The number of methoxy groups -OCH3 is 1. The summed E-state index contributed by atoms with van der Waals surface area (Å²) in [6.07, 6.45) is 7.44. The first-order valence-corrected chi connectivity index (χ1v) is 12.1. The van der Waals surface area contributed by atoms with Gasteiger partial charge in [0.25, 0.3) is 0 Å². The van der Waals surface area contributed by atoms with Crippen molar-refractivity contribution in [3.8, 4) is 5.75 Å². The van der Waals surface area contributed by atoms with Gasteiger partial charge in [0, 0.05) is 48.0 Å². The van der Waals surface area contributed by atoms with E-state index in [2.05, 4.69) is 50.0 Å². The maximum absolute atomic E-state index is 12.1. The third-order valence-electron chi connectivity index (χ3n) is 6.87. The van der Waals surface area contributed by atoms with Gasteiger partial charge in [-0.2, -0.15) is 5.10 Å². The summed E-state index contributed by atoms with van der Waals surface area (Å²) in [5.74, 6) is -0.0477. The number of halogens is 1. The van der Waals surface area contributed by atoms with E-state index in [0.717, 1.165) is 57.2 Å². The number of ether oxygens (including phenoxy) is 1. The summed E-state index contributed by atoms with van der Waals surface area (Å²) in [5, 5.41) is 15.6. The van der Waals surface area contributed by atoms with Crippen molar-refractivity contribution in [1.29, 1.82) is 0 Å². The van der Waals surface area contributed by atoms with Crippen LogP contribution in [0.3, 0.4) is 0 Å². The van der Waals surface area contributed by atoms with E-state index in [9.17, 15) is 9.90 Å². The fourth-order valence-corrected chi connectivity index (χ4v) is 5.53. The number of aromatic amines is 1. The van der Waals surface area contributed by atoms with Gasteiger partial charge in [-0.05, 0) is 65.0 Å². The molecule has 1 aliphatic rings. The zero-order valence-electron chi connectivity index (χ0n) is 19.2. The van der Waals surface area contributed by atoms with Crippen LogP contribution in [0.2, 0.25) is 0 Å². The summed E-state index contributed by atoms with van der Waals surface area (Å²) >= 11 is 3.50. The molecule has 1 fully saturated rings. The highest BCUT2D eigenvalue weighted by Crippen LogP contribution is 2.41. The summed E-state index contributed by atoms with van der Waals surface area (Å²) in [6.45, 7) is 3.54. The van der Waals surface area contributed by atoms with Gasteiger partial charge < -0.3 is 14.8 Å². The van der Waals surface area contributed by atoms with E-state index < -0.39 is 5.97 Å². The Morgan fingerprint density at radius 1 is 1.32 bits per heavy atom. The second-order valence-electron chi connectivity index (χ2n) is 8.84. The molecule has 0 amide bonds. The van der Waals surface area contributed by atoms with Crippen LogP contribution in [0.5, 0.6) is 5.75 Å². The van der Waals surface area contributed by atoms with Crippen molar-refractivity contribution in [1.82, 2.24) is 19.7 Å². The van der Waals surface area contributed by atoms with Gasteiger partial charge in [-0.3, -0.25) is 9.58 Å². The minimum Gasteiger partial charge on any atom is -0.496 e. The monoisotopic (exact) mass is 522 g/mol. The third-order valence-corrected chi connectivity index (χ3v) is 7.28. The molecule has 1 saturated heterocycles. The number of nitrogens with zero attached hydrogens (tertiary/aromatic N) is 3. The van der Waals surface area contributed by atoms with Gasteiger partial charge in [-0.15, -0.1) is 0 Å². The van der Waals surface area contributed by atoms with Crippen molar-refractivity contribution in [3.63, 3.8) is 0 Å². The number of aryl methyl sites for hydroxylation is 1. The zero-order valence-corrected chi connectivity index (χ0v) is 20.7. The number of H-pyrrole nitrogens is 1. The molecule has 4 aromatic rings. The van der Waals surface area contributed by atoms with Gasteiger partial charge >= 0.3 is 5.97 Å². The van der Waals surface area contributed by atoms with E-state index in [1.54, 1.807) is 25.4 Å². The predicted molar refractivity (Wildman–Crippen MR) is 134 cm³/mol. The van der Waals surface area contributed by atoms with Crippen LogP contribution in [-0.4, -0.2) is 44.4 Å². The number of carbonyl (C=O) groups is 1. The number of likely N-dealkylation sites (tertiary alicyclic amines) is 1. The van der Waals surface area contributed by atoms with E-state index in [0.29, 0.717) is 12.1 Å². The number of carboxylic acid groups (broad SMARTS) is 1. The van der Waals surface area contributed by atoms with Gasteiger partial charge in [0.15, 0.2) is 0 Å². The Hall–Kier alpha value is -3.10. The molecule has 2 aromatic heterocycles. The number of aromatic nitrogens is 3. The molecule has 0 spiro atoms. The van der Waals surface area contributed by atoms with Crippen LogP contribution in [-0.2, 0) is 6.54 Å². The number of hydrogen-bond acceptors (Lipinski definition) is 4. The molecule has 0 saturated carbocycles. The summed E-state index contributed by atoms with van der Waals surface area (Å²) in [6, 6.07) is 11.6. The summed E-state index contributed by atoms with van der Waals surface area (Å²) in [5.41, 5.74) is 4.54. The van der Waals surface area contributed by atoms with Crippen LogP contribution in [0, 0.1) is 6.92 Å². The molecular weight excluding hydrogens is 496 g/mol. The average molecular weight is 523 g/mol. The summed E-state index contributed by atoms with van der Waals surface area (Å²) in [7, 11) is 1.70. The number of carboxylic acids is 1. The first-order valence-electron chi connectivity index (χ1n) is 11.4. The molecule has 0 unspecified atom stereocenters. The normalized spacial score (nSPS) is 18.9. The number of nitrogens with one attached hydrogen (secondary N) is 1. The highest BCUT2D eigenvalue weighted by atomic mass is 79.9. The van der Waals surface area contributed by atoms with Crippen LogP contribution in [0.1, 0.15) is 52.0 Å². The number of benzene rings is 2. The van der Waals surface area contributed by atoms with Crippen molar-refractivity contribution in [3.05, 3.63) is 81.7 Å². The molecule has 3 heterocycles. The van der Waals surface area contributed by atoms with Crippen LogP contribution >= 0.6 is 15.9 Å². The Balaban J connectivity index is 1.56. The van der Waals surface area contributed by atoms with E-state index >= 15 is 0 Å². The van der Waals surface area contributed by atoms with Crippen LogP contribution in [0.4, 0.5) is 0 Å². The van der Waals surface area contributed by atoms with Gasteiger partial charge in [0.1, 0.15) is 5.75 Å². The average Bonchev–Trinajstić information content (AvgIpc) is 3.50. The first-order chi connectivity index (χ1) is 16.5. The SMILES string of the molecule is COc1cc(C)c2[nH]ccc2c1CN1CC[C@H](n2cc(Br)cn2)C[C@@H]1c1ccccc1C(=O)O.